The zero-order valence-corrected chi connectivity index (χ0v) is 20.9. The lowest BCUT2D eigenvalue weighted by molar-refractivity contribution is -0.192. The first kappa shape index (κ1) is 31.4. The Morgan fingerprint density at radius 2 is 1.58 bits per heavy atom. The number of carbonyl (C=O) groups excluding carboxylic acids is 4. The lowest BCUT2D eigenvalue weighted by Gasteiger charge is -2.21. The normalized spacial score (nSPS) is 20.8. The molecule has 182 valence electrons. The van der Waals surface area contributed by atoms with Gasteiger partial charge in [0.15, 0.2) is 0 Å². The van der Waals surface area contributed by atoms with Crippen LogP contribution in [0.5, 0.6) is 0 Å². The molecule has 2 bridgehead atoms. The van der Waals surface area contributed by atoms with Gasteiger partial charge in [0.1, 0.15) is 12.1 Å². The van der Waals surface area contributed by atoms with Crippen molar-refractivity contribution >= 4 is 23.9 Å². The van der Waals surface area contributed by atoms with Crippen molar-refractivity contribution in [2.24, 2.45) is 5.92 Å². The van der Waals surface area contributed by atoms with Gasteiger partial charge in [-0.25, -0.2) is 4.79 Å². The summed E-state index contributed by atoms with van der Waals surface area (Å²) < 4.78 is 0. The Morgan fingerprint density at radius 3 is 2.19 bits per heavy atom. The maximum atomic E-state index is 12.5. The monoisotopic (exact) mass is 442 g/mol. The van der Waals surface area contributed by atoms with E-state index in [2.05, 4.69) is 5.32 Å². The van der Waals surface area contributed by atoms with Crippen molar-refractivity contribution in [2.45, 2.75) is 118 Å². The second kappa shape index (κ2) is 20.2. The number of nitrogens with zero attached hydrogens (tertiary/aromatic N) is 1. The summed E-state index contributed by atoms with van der Waals surface area (Å²) in [6, 6.07) is 0.874. The van der Waals surface area contributed by atoms with Gasteiger partial charge in [0.2, 0.25) is 0 Å². The Morgan fingerprint density at radius 1 is 0.935 bits per heavy atom. The molecular weight excluding hydrogens is 396 g/mol. The third-order valence-electron chi connectivity index (χ3n) is 5.11. The van der Waals surface area contributed by atoms with Gasteiger partial charge in [-0.1, -0.05) is 48.0 Å². The first-order valence-corrected chi connectivity index (χ1v) is 12.2. The van der Waals surface area contributed by atoms with Crippen molar-refractivity contribution in [1.82, 2.24) is 10.4 Å². The Labute approximate surface area is 189 Å². The van der Waals surface area contributed by atoms with Crippen LogP contribution < -0.4 is 5.32 Å². The van der Waals surface area contributed by atoms with Crippen LogP contribution in [0.15, 0.2) is 0 Å². The van der Waals surface area contributed by atoms with E-state index in [9.17, 15) is 19.2 Å². The molecule has 7 heteroatoms. The summed E-state index contributed by atoms with van der Waals surface area (Å²) in [6.07, 6.45) is 7.06. The summed E-state index contributed by atoms with van der Waals surface area (Å²) >= 11 is 0. The number of rotatable bonds is 8. The molecule has 2 saturated heterocycles. The fourth-order valence-electron chi connectivity index (χ4n) is 3.75. The van der Waals surface area contributed by atoms with E-state index < -0.39 is 11.9 Å². The molecule has 2 heterocycles. The molecule has 0 aromatic carbocycles. The number of hydrogen-bond acceptors (Lipinski definition) is 6. The molecule has 31 heavy (non-hydrogen) atoms. The zero-order valence-electron chi connectivity index (χ0n) is 20.9. The molecule has 2 aliphatic heterocycles. The van der Waals surface area contributed by atoms with E-state index >= 15 is 0 Å². The number of carbonyl (C=O) groups is 4. The lowest BCUT2D eigenvalue weighted by atomic mass is 9.85. The molecule has 0 aromatic rings. The third-order valence-corrected chi connectivity index (χ3v) is 5.11. The van der Waals surface area contributed by atoms with Crippen LogP contribution in [-0.2, 0) is 24.0 Å². The standard InChI is InChI=1S/C18H28N2O5.3C2H6/c1-20(17(23)8-4-12-21)25-18(24)9-3-7-16(22)14-6-2-5-13-10-11-15(14)19-13;3*1-2/h12-15,19H,2-11H2,1H3;3*1-2H3. The predicted octanol–water partition coefficient (Wildman–Crippen LogP) is 4.62. The number of ketones is 1. The van der Waals surface area contributed by atoms with Crippen LogP contribution in [0.1, 0.15) is 106 Å². The fourth-order valence-corrected chi connectivity index (χ4v) is 3.75. The van der Waals surface area contributed by atoms with Crippen molar-refractivity contribution in [3.05, 3.63) is 0 Å². The highest BCUT2D eigenvalue weighted by atomic mass is 16.7. The van der Waals surface area contributed by atoms with E-state index in [1.165, 1.54) is 7.05 Å². The number of fused-ring (bicyclic) bond motifs is 2. The second-order valence-electron chi connectivity index (χ2n) is 6.96. The minimum Gasteiger partial charge on any atom is -0.338 e. The predicted molar refractivity (Wildman–Crippen MR) is 124 cm³/mol. The van der Waals surface area contributed by atoms with Gasteiger partial charge >= 0.3 is 5.97 Å². The van der Waals surface area contributed by atoms with Gasteiger partial charge in [0, 0.05) is 50.7 Å². The molecule has 2 fully saturated rings. The number of hydroxylamine groups is 2. The highest BCUT2D eigenvalue weighted by molar-refractivity contribution is 5.82. The minimum absolute atomic E-state index is 0.0167. The molecule has 0 spiro atoms. The molecule has 2 rings (SSSR count). The number of amides is 1. The van der Waals surface area contributed by atoms with Gasteiger partial charge in [0.25, 0.3) is 5.91 Å². The summed E-state index contributed by atoms with van der Waals surface area (Å²) in [6.45, 7) is 12.0. The number of hydrogen-bond donors (Lipinski definition) is 1. The third kappa shape index (κ3) is 12.6. The van der Waals surface area contributed by atoms with E-state index in [1.54, 1.807) is 0 Å². The van der Waals surface area contributed by atoms with Crippen LogP contribution in [0.25, 0.3) is 0 Å². The average molecular weight is 443 g/mol. The first-order chi connectivity index (χ1) is 15.0. The van der Waals surface area contributed by atoms with Crippen LogP contribution in [0, 0.1) is 5.92 Å². The molecule has 7 nitrogen and oxygen atoms in total. The summed E-state index contributed by atoms with van der Waals surface area (Å²) in [5.41, 5.74) is 0. The summed E-state index contributed by atoms with van der Waals surface area (Å²) in [4.78, 5) is 51.0. The largest absolute Gasteiger partial charge is 0.338 e. The molecule has 0 saturated carbocycles. The van der Waals surface area contributed by atoms with Crippen LogP contribution in [-0.4, -0.2) is 48.1 Å². The van der Waals surface area contributed by atoms with Gasteiger partial charge in [0.05, 0.1) is 0 Å². The molecule has 0 radical (unpaired) electrons. The Hall–Kier alpha value is -1.76. The quantitative estimate of drug-likeness (QED) is 0.435. The summed E-state index contributed by atoms with van der Waals surface area (Å²) in [5, 5.41) is 4.42. The van der Waals surface area contributed by atoms with Gasteiger partial charge in [-0.2, -0.15) is 5.06 Å². The minimum atomic E-state index is -0.533. The van der Waals surface area contributed by atoms with Crippen LogP contribution in [0.4, 0.5) is 0 Å². The molecule has 2 aliphatic rings. The molecule has 3 unspecified atom stereocenters. The van der Waals surface area contributed by atoms with E-state index in [-0.39, 0.29) is 31.0 Å². The maximum Gasteiger partial charge on any atom is 0.332 e. The first-order valence-electron chi connectivity index (χ1n) is 12.2. The molecule has 1 N–H and O–H groups in total. The smallest absolute Gasteiger partial charge is 0.332 e. The van der Waals surface area contributed by atoms with Crippen LogP contribution in [0.3, 0.4) is 0 Å². The Bertz CT molecular complexity index is 510. The topological polar surface area (TPSA) is 92.8 Å². The highest BCUT2D eigenvalue weighted by Gasteiger charge is 2.36. The Kier molecular flexibility index (Phi) is 20.4. The van der Waals surface area contributed by atoms with Crippen molar-refractivity contribution in [3.63, 3.8) is 0 Å². The van der Waals surface area contributed by atoms with E-state index in [4.69, 9.17) is 4.84 Å². The lowest BCUT2D eigenvalue weighted by Crippen LogP contribution is -2.36. The van der Waals surface area contributed by atoms with Crippen LogP contribution in [0.2, 0.25) is 0 Å². The summed E-state index contributed by atoms with van der Waals surface area (Å²) in [7, 11) is 1.35. The van der Waals surface area contributed by atoms with Crippen molar-refractivity contribution in [1.29, 1.82) is 0 Å². The van der Waals surface area contributed by atoms with Gasteiger partial charge in [-0.3, -0.25) is 9.59 Å². The van der Waals surface area contributed by atoms with Crippen molar-refractivity contribution < 1.29 is 24.0 Å². The van der Waals surface area contributed by atoms with E-state index in [0.29, 0.717) is 31.2 Å². The molecule has 0 aromatic heterocycles. The Balaban J connectivity index is 0. The number of aldehydes is 1. The SMILES string of the molecule is CC.CC.CC.CN(OC(=O)CCCC(=O)C1CCCC2CCC1N2)C(=O)CCC=O. The molecule has 3 atom stereocenters. The number of Topliss-reactive ketones (excluding diaryl/α,β-unsaturated/α-hetero) is 1. The molecule has 1 amide bonds. The van der Waals surface area contributed by atoms with E-state index in [1.807, 2.05) is 41.5 Å². The van der Waals surface area contributed by atoms with Gasteiger partial charge < -0.3 is 14.9 Å². The van der Waals surface area contributed by atoms with E-state index in [0.717, 1.165) is 37.2 Å². The summed E-state index contributed by atoms with van der Waals surface area (Å²) in [5.74, 6) is -0.661. The molecular formula is C24H46N2O5. The van der Waals surface area contributed by atoms with Gasteiger partial charge in [-0.05, 0) is 32.1 Å². The van der Waals surface area contributed by atoms with Crippen LogP contribution >= 0.6 is 0 Å². The van der Waals surface area contributed by atoms with Gasteiger partial charge in [-0.15, -0.1) is 0 Å². The second-order valence-corrected chi connectivity index (χ2v) is 6.96. The van der Waals surface area contributed by atoms with Crippen molar-refractivity contribution in [2.75, 3.05) is 7.05 Å². The molecule has 0 aliphatic carbocycles. The fraction of sp³-hybridized carbons (Fsp3) is 0.833. The average Bonchev–Trinajstić information content (AvgIpc) is 3.16. The number of nitrogens with one attached hydrogen (secondary N) is 1. The van der Waals surface area contributed by atoms with Crippen molar-refractivity contribution in [3.8, 4) is 0 Å². The zero-order chi connectivity index (χ0) is 24.2. The maximum absolute atomic E-state index is 12.5. The highest BCUT2D eigenvalue weighted by Crippen LogP contribution is 2.31.